The van der Waals surface area contributed by atoms with Crippen LogP contribution >= 0.6 is 0 Å². The third-order valence-electron chi connectivity index (χ3n) is 5.06. The molecular formula is C23H41N5O2. The summed E-state index contributed by atoms with van der Waals surface area (Å²) in [6, 6.07) is 4.23. The summed E-state index contributed by atoms with van der Waals surface area (Å²) < 4.78 is 11.1. The number of hydrogen-bond acceptors (Lipinski definition) is 5. The van der Waals surface area contributed by atoms with Crippen molar-refractivity contribution in [2.75, 3.05) is 57.5 Å². The van der Waals surface area contributed by atoms with Crippen LogP contribution in [0, 0.1) is 0 Å². The number of guanidine groups is 1. The highest BCUT2D eigenvalue weighted by Crippen LogP contribution is 2.18. The SMILES string of the molecule is CCCCOCCOCCNC(=NCc1ccnc(N2CCCCCC2)c1)NCC. The van der Waals surface area contributed by atoms with E-state index in [4.69, 9.17) is 14.5 Å². The average molecular weight is 420 g/mol. The van der Waals surface area contributed by atoms with E-state index in [1.54, 1.807) is 0 Å². The first-order chi connectivity index (χ1) is 14.8. The summed E-state index contributed by atoms with van der Waals surface area (Å²) in [4.78, 5) is 11.7. The summed E-state index contributed by atoms with van der Waals surface area (Å²) in [7, 11) is 0. The van der Waals surface area contributed by atoms with Crippen LogP contribution in [0.15, 0.2) is 23.3 Å². The molecule has 2 N–H and O–H groups in total. The van der Waals surface area contributed by atoms with E-state index in [9.17, 15) is 0 Å². The van der Waals surface area contributed by atoms with Crippen molar-refractivity contribution in [3.05, 3.63) is 23.9 Å². The summed E-state index contributed by atoms with van der Waals surface area (Å²) >= 11 is 0. The zero-order valence-corrected chi connectivity index (χ0v) is 19.0. The molecule has 0 saturated carbocycles. The fourth-order valence-corrected chi connectivity index (χ4v) is 3.35. The van der Waals surface area contributed by atoms with Crippen LogP contribution in [0.3, 0.4) is 0 Å². The van der Waals surface area contributed by atoms with E-state index in [2.05, 4.69) is 46.5 Å². The first-order valence-electron chi connectivity index (χ1n) is 11.7. The third-order valence-corrected chi connectivity index (χ3v) is 5.06. The average Bonchev–Trinajstić information content (AvgIpc) is 3.06. The number of aromatic nitrogens is 1. The standard InChI is InChI=1S/C23H41N5O2/c1-3-5-15-29-17-18-30-16-12-26-23(24-4-2)27-20-21-10-11-25-22(19-21)28-13-8-6-7-9-14-28/h10-11,19H,3-9,12-18,20H2,1-2H3,(H2,24,26,27). The predicted octanol–water partition coefficient (Wildman–Crippen LogP) is 3.35. The van der Waals surface area contributed by atoms with Crippen molar-refractivity contribution in [1.29, 1.82) is 0 Å². The molecule has 0 atom stereocenters. The zero-order chi connectivity index (χ0) is 21.3. The highest BCUT2D eigenvalue weighted by atomic mass is 16.5. The molecule has 2 rings (SSSR count). The van der Waals surface area contributed by atoms with E-state index in [0.29, 0.717) is 26.4 Å². The summed E-state index contributed by atoms with van der Waals surface area (Å²) in [6.07, 6.45) is 9.35. The maximum absolute atomic E-state index is 5.61. The van der Waals surface area contributed by atoms with Gasteiger partial charge in [-0.05, 0) is 43.9 Å². The Morgan fingerprint density at radius 3 is 2.53 bits per heavy atom. The van der Waals surface area contributed by atoms with Gasteiger partial charge in [0.25, 0.3) is 0 Å². The molecule has 0 radical (unpaired) electrons. The Hall–Kier alpha value is -1.86. The normalized spacial score (nSPS) is 15.1. The summed E-state index contributed by atoms with van der Waals surface area (Å²) in [5.74, 6) is 1.89. The van der Waals surface area contributed by atoms with Crippen molar-refractivity contribution in [1.82, 2.24) is 15.6 Å². The molecule has 1 aliphatic heterocycles. The Kier molecular flexibility index (Phi) is 12.9. The molecule has 1 aromatic rings. The highest BCUT2D eigenvalue weighted by molar-refractivity contribution is 5.79. The summed E-state index contributed by atoms with van der Waals surface area (Å²) in [5, 5.41) is 6.63. The third kappa shape index (κ3) is 10.3. The molecular weight excluding hydrogens is 378 g/mol. The monoisotopic (exact) mass is 419 g/mol. The van der Waals surface area contributed by atoms with Crippen LogP contribution in [0.4, 0.5) is 5.82 Å². The molecule has 1 saturated heterocycles. The van der Waals surface area contributed by atoms with Crippen molar-refractivity contribution < 1.29 is 9.47 Å². The van der Waals surface area contributed by atoms with E-state index in [1.165, 1.54) is 31.2 Å². The second kappa shape index (κ2) is 15.9. The van der Waals surface area contributed by atoms with Gasteiger partial charge in [0, 0.05) is 39.0 Å². The summed E-state index contributed by atoms with van der Waals surface area (Å²) in [6.45, 7) is 11.4. The van der Waals surface area contributed by atoms with Crippen molar-refractivity contribution in [2.45, 2.75) is 58.9 Å². The van der Waals surface area contributed by atoms with Crippen LogP contribution in [-0.2, 0) is 16.0 Å². The fraction of sp³-hybridized carbons (Fsp3) is 0.739. The second-order valence-corrected chi connectivity index (χ2v) is 7.62. The maximum Gasteiger partial charge on any atom is 0.191 e. The van der Waals surface area contributed by atoms with Crippen LogP contribution in [0.5, 0.6) is 0 Å². The van der Waals surface area contributed by atoms with Crippen molar-refractivity contribution in [2.24, 2.45) is 4.99 Å². The molecule has 1 fully saturated rings. The number of rotatable bonds is 13. The second-order valence-electron chi connectivity index (χ2n) is 7.62. The minimum atomic E-state index is 0.630. The zero-order valence-electron chi connectivity index (χ0n) is 19.0. The van der Waals surface area contributed by atoms with Crippen molar-refractivity contribution >= 4 is 11.8 Å². The minimum Gasteiger partial charge on any atom is -0.379 e. The van der Waals surface area contributed by atoms with Crippen molar-refractivity contribution in [3.63, 3.8) is 0 Å². The van der Waals surface area contributed by atoms with Gasteiger partial charge in [0.1, 0.15) is 5.82 Å². The minimum absolute atomic E-state index is 0.630. The molecule has 0 bridgehead atoms. The molecule has 7 nitrogen and oxygen atoms in total. The lowest BCUT2D eigenvalue weighted by Crippen LogP contribution is -2.39. The van der Waals surface area contributed by atoms with E-state index >= 15 is 0 Å². The van der Waals surface area contributed by atoms with E-state index < -0.39 is 0 Å². The number of nitrogens with zero attached hydrogens (tertiary/aromatic N) is 3. The van der Waals surface area contributed by atoms with Gasteiger partial charge in [-0.3, -0.25) is 0 Å². The smallest absolute Gasteiger partial charge is 0.191 e. The number of pyridine rings is 1. The van der Waals surface area contributed by atoms with Gasteiger partial charge < -0.3 is 25.0 Å². The number of anilines is 1. The maximum atomic E-state index is 5.61. The molecule has 0 amide bonds. The molecule has 0 unspecified atom stereocenters. The molecule has 0 aromatic carbocycles. The van der Waals surface area contributed by atoms with E-state index in [-0.39, 0.29) is 0 Å². The Balaban J connectivity index is 1.73. The quantitative estimate of drug-likeness (QED) is 0.290. The fourth-order valence-electron chi connectivity index (χ4n) is 3.35. The number of unbranched alkanes of at least 4 members (excludes halogenated alkanes) is 1. The van der Waals surface area contributed by atoms with Gasteiger partial charge in [0.05, 0.1) is 26.4 Å². The van der Waals surface area contributed by atoms with Gasteiger partial charge >= 0.3 is 0 Å². The molecule has 1 aliphatic rings. The lowest BCUT2D eigenvalue weighted by molar-refractivity contribution is 0.0487. The van der Waals surface area contributed by atoms with Gasteiger partial charge in [-0.1, -0.05) is 26.2 Å². The van der Waals surface area contributed by atoms with Gasteiger partial charge in [-0.2, -0.15) is 0 Å². The largest absolute Gasteiger partial charge is 0.379 e. The molecule has 1 aromatic heterocycles. The van der Waals surface area contributed by atoms with E-state index in [0.717, 1.165) is 57.4 Å². The van der Waals surface area contributed by atoms with Crippen LogP contribution < -0.4 is 15.5 Å². The Bertz CT molecular complexity index is 589. The van der Waals surface area contributed by atoms with Gasteiger partial charge in [0.15, 0.2) is 5.96 Å². The van der Waals surface area contributed by atoms with Crippen LogP contribution in [0.25, 0.3) is 0 Å². The molecule has 170 valence electrons. The Morgan fingerprint density at radius 1 is 1.03 bits per heavy atom. The van der Waals surface area contributed by atoms with Gasteiger partial charge in [0.2, 0.25) is 0 Å². The number of ether oxygens (including phenoxy) is 2. The molecule has 0 aliphatic carbocycles. The van der Waals surface area contributed by atoms with Gasteiger partial charge in [-0.25, -0.2) is 9.98 Å². The molecule has 30 heavy (non-hydrogen) atoms. The van der Waals surface area contributed by atoms with Crippen LogP contribution in [0.1, 0.15) is 57.9 Å². The number of hydrogen-bond donors (Lipinski definition) is 2. The molecule has 2 heterocycles. The first kappa shape index (κ1) is 24.4. The Morgan fingerprint density at radius 2 is 1.80 bits per heavy atom. The molecule has 7 heteroatoms. The topological polar surface area (TPSA) is 71.0 Å². The van der Waals surface area contributed by atoms with Crippen LogP contribution in [-0.4, -0.2) is 63.6 Å². The van der Waals surface area contributed by atoms with Gasteiger partial charge in [-0.15, -0.1) is 0 Å². The van der Waals surface area contributed by atoms with Crippen LogP contribution in [0.2, 0.25) is 0 Å². The van der Waals surface area contributed by atoms with E-state index in [1.807, 2.05) is 6.20 Å². The lowest BCUT2D eigenvalue weighted by atomic mass is 10.2. The lowest BCUT2D eigenvalue weighted by Gasteiger charge is -2.21. The van der Waals surface area contributed by atoms with Crippen molar-refractivity contribution in [3.8, 4) is 0 Å². The summed E-state index contributed by atoms with van der Waals surface area (Å²) in [5.41, 5.74) is 1.18. The first-order valence-corrected chi connectivity index (χ1v) is 11.7. The Labute approximate surface area is 182 Å². The number of nitrogens with one attached hydrogen (secondary N) is 2. The highest BCUT2D eigenvalue weighted by Gasteiger charge is 2.11. The molecule has 0 spiro atoms. The predicted molar refractivity (Wildman–Crippen MR) is 124 cm³/mol. The number of aliphatic imine (C=N–C) groups is 1.